The number of para-hydroxylation sites is 2. The molecule has 3 fully saturated rings. The molecule has 2 atom stereocenters. The number of ether oxygens (including phenoxy) is 5. The number of carbonyl (C=O) groups excluding carboxylic acids is 2. The molecule has 0 unspecified atom stereocenters. The van der Waals surface area contributed by atoms with Crippen molar-refractivity contribution < 1.29 is 47.0 Å². The highest BCUT2D eigenvalue weighted by atomic mass is 35.5. The largest absolute Gasteiger partial charge is 0.493 e. The van der Waals surface area contributed by atoms with Crippen molar-refractivity contribution in [2.24, 2.45) is 5.92 Å². The number of pyridine rings is 1. The van der Waals surface area contributed by atoms with E-state index in [0.29, 0.717) is 44.8 Å². The second-order valence-corrected chi connectivity index (χ2v) is 13.3. The quantitative estimate of drug-likeness (QED) is 0.128. The highest BCUT2D eigenvalue weighted by molar-refractivity contribution is 6.35. The van der Waals surface area contributed by atoms with Crippen LogP contribution in [0.4, 0.5) is 19.3 Å². The Labute approximate surface area is 310 Å². The number of aromatic amines is 1. The van der Waals surface area contributed by atoms with E-state index in [9.17, 15) is 18.4 Å². The summed E-state index contributed by atoms with van der Waals surface area (Å²) >= 11 is 12.9. The van der Waals surface area contributed by atoms with E-state index in [-0.39, 0.29) is 42.0 Å². The maximum atomic E-state index is 13.8. The molecule has 0 aliphatic carbocycles. The van der Waals surface area contributed by atoms with E-state index in [0.717, 1.165) is 25.9 Å². The van der Waals surface area contributed by atoms with Crippen LogP contribution in [0, 0.1) is 5.92 Å². The molecule has 0 saturated carbocycles. The number of carbonyl (C=O) groups is 2. The van der Waals surface area contributed by atoms with Crippen LogP contribution in [-0.4, -0.2) is 63.5 Å². The van der Waals surface area contributed by atoms with Gasteiger partial charge in [0.25, 0.3) is 0 Å². The number of anilines is 1. The zero-order valence-corrected chi connectivity index (χ0v) is 30.0. The van der Waals surface area contributed by atoms with Crippen LogP contribution in [0.1, 0.15) is 46.0 Å². The van der Waals surface area contributed by atoms with Gasteiger partial charge in [-0.2, -0.15) is 8.78 Å². The van der Waals surface area contributed by atoms with Crippen molar-refractivity contribution in [1.29, 1.82) is 0 Å². The third-order valence-corrected chi connectivity index (χ3v) is 10.1. The minimum absolute atomic E-state index is 0.0465. The summed E-state index contributed by atoms with van der Waals surface area (Å²) in [6.45, 7) is -0.592. The van der Waals surface area contributed by atoms with Crippen LogP contribution in [0.5, 0.6) is 17.2 Å². The molecule has 3 aromatic carbocycles. The lowest BCUT2D eigenvalue weighted by atomic mass is 9.86. The highest BCUT2D eigenvalue weighted by Gasteiger charge is 2.38. The summed E-state index contributed by atoms with van der Waals surface area (Å²) in [6, 6.07) is 17.7. The number of nitrogens with zero attached hydrogens (tertiary/aromatic N) is 2. The Kier molecular flexibility index (Phi) is 12.0. The second-order valence-electron chi connectivity index (χ2n) is 12.5. The van der Waals surface area contributed by atoms with E-state index in [4.69, 9.17) is 46.9 Å². The Bertz CT molecular complexity index is 1860. The van der Waals surface area contributed by atoms with Crippen LogP contribution in [0.15, 0.2) is 79.1 Å². The summed E-state index contributed by atoms with van der Waals surface area (Å²) < 4.78 is 54.5. The summed E-state index contributed by atoms with van der Waals surface area (Å²) in [6.07, 6.45) is 3.37. The van der Waals surface area contributed by atoms with Crippen LogP contribution in [-0.2, 0) is 22.4 Å². The van der Waals surface area contributed by atoms with E-state index in [1.165, 1.54) is 31.3 Å². The number of benzene rings is 3. The molecule has 1 amide bonds. The monoisotopic (exact) mass is 756 g/mol. The fourth-order valence-corrected chi connectivity index (χ4v) is 7.16. The van der Waals surface area contributed by atoms with Crippen molar-refractivity contribution in [3.05, 3.63) is 111 Å². The first kappa shape index (κ1) is 37.1. The molecule has 2 bridgehead atoms. The number of esters is 1. The molecule has 52 heavy (non-hydrogen) atoms. The predicted octanol–water partition coefficient (Wildman–Crippen LogP) is 7.80. The fraction of sp³-hybridized carbons (Fsp3) is 0.342. The summed E-state index contributed by atoms with van der Waals surface area (Å²) in [5.41, 5.74) is 2.15. The van der Waals surface area contributed by atoms with Crippen molar-refractivity contribution in [2.75, 3.05) is 38.8 Å². The van der Waals surface area contributed by atoms with Crippen LogP contribution in [0.2, 0.25) is 10.0 Å². The van der Waals surface area contributed by atoms with Crippen LogP contribution in [0.25, 0.3) is 0 Å². The molecule has 3 aliphatic rings. The zero-order chi connectivity index (χ0) is 36.8. The van der Waals surface area contributed by atoms with E-state index >= 15 is 0 Å². The van der Waals surface area contributed by atoms with Crippen LogP contribution < -0.4 is 24.1 Å². The van der Waals surface area contributed by atoms with Crippen LogP contribution in [0.3, 0.4) is 0 Å². The molecule has 1 N–H and O–H groups in total. The Hall–Kier alpha value is -4.65. The number of rotatable bonds is 13. The lowest BCUT2D eigenvalue weighted by Crippen LogP contribution is -2.53. The molecule has 4 aromatic rings. The van der Waals surface area contributed by atoms with Crippen molar-refractivity contribution in [3.8, 4) is 17.2 Å². The van der Waals surface area contributed by atoms with E-state index in [1.54, 1.807) is 67.0 Å². The first-order chi connectivity index (χ1) is 25.1. The van der Waals surface area contributed by atoms with Gasteiger partial charge in [-0.1, -0.05) is 53.5 Å². The first-order valence-electron chi connectivity index (χ1n) is 16.7. The number of amides is 1. The predicted molar refractivity (Wildman–Crippen MR) is 190 cm³/mol. The number of nitrogens with one attached hydrogen (secondary N) is 1. The first-order valence-corrected chi connectivity index (χ1v) is 17.5. The Morgan fingerprint density at radius 3 is 2.25 bits per heavy atom. The van der Waals surface area contributed by atoms with E-state index in [1.807, 2.05) is 0 Å². The van der Waals surface area contributed by atoms with Gasteiger partial charge in [0.2, 0.25) is 0 Å². The smallest absolute Gasteiger partial charge is 0.415 e. The number of methoxy groups -OCH3 is 2. The van der Waals surface area contributed by atoms with Gasteiger partial charge in [0.1, 0.15) is 28.0 Å². The molecule has 0 spiro atoms. The molecule has 3 aliphatic heterocycles. The van der Waals surface area contributed by atoms with Crippen molar-refractivity contribution in [2.45, 2.75) is 44.6 Å². The zero-order valence-electron chi connectivity index (χ0n) is 28.5. The third kappa shape index (κ3) is 8.68. The minimum Gasteiger partial charge on any atom is -0.493 e. The molecule has 0 radical (unpaired) electrons. The maximum Gasteiger partial charge on any atom is 0.415 e. The lowest BCUT2D eigenvalue weighted by Gasteiger charge is -2.44. The van der Waals surface area contributed by atoms with Gasteiger partial charge < -0.3 is 23.7 Å². The van der Waals surface area contributed by atoms with Gasteiger partial charge in [-0.25, -0.2) is 14.6 Å². The van der Waals surface area contributed by atoms with E-state index in [2.05, 4.69) is 9.88 Å². The summed E-state index contributed by atoms with van der Waals surface area (Å²) in [7, 11) is 3.03. The average Bonchev–Trinajstić information content (AvgIpc) is 3.15. The van der Waals surface area contributed by atoms with Gasteiger partial charge in [-0.05, 0) is 79.4 Å². The maximum absolute atomic E-state index is 13.8. The Balaban J connectivity index is 1.24. The van der Waals surface area contributed by atoms with Crippen molar-refractivity contribution >= 4 is 41.0 Å². The molecule has 4 heterocycles. The van der Waals surface area contributed by atoms with Crippen LogP contribution >= 0.6 is 23.2 Å². The number of aromatic nitrogens is 1. The normalized spacial score (nSPS) is 18.4. The molecule has 274 valence electrons. The molecule has 7 rings (SSSR count). The number of halogens is 4. The highest BCUT2D eigenvalue weighted by Crippen LogP contribution is 2.37. The third-order valence-electron chi connectivity index (χ3n) is 9.39. The Morgan fingerprint density at radius 2 is 1.62 bits per heavy atom. The fourth-order valence-electron chi connectivity index (χ4n) is 6.62. The van der Waals surface area contributed by atoms with Gasteiger partial charge >= 0.3 is 18.7 Å². The standard InChI is InChI=1S/C38H37Cl2F2N3O7/c1-48-32-12-11-26(17-34(32)49-2)33(18-27-28(39)19-43-20-29(27)40)50-36(46)25-9-7-23(8-10-25)21-45(30-5-3-4-6-31(30)51-37(41)42)38(47)52-35-22-44-15-13-24(35)14-16-44/h3-12,17,19-20,24,33,35,37H,13-16,18,21-22H2,1-2H3/p+1/t33-,35-/m0/s1. The molecular weight excluding hydrogens is 719 g/mol. The van der Waals surface area contributed by atoms with Gasteiger partial charge in [-0.3, -0.25) is 9.80 Å². The van der Waals surface area contributed by atoms with Gasteiger partial charge in [0.05, 0.1) is 32.0 Å². The topological polar surface area (TPSA) is 101 Å². The number of H-pyrrole nitrogens is 1. The van der Waals surface area contributed by atoms with Crippen molar-refractivity contribution in [3.63, 3.8) is 0 Å². The lowest BCUT2D eigenvalue weighted by molar-refractivity contribution is -0.377. The van der Waals surface area contributed by atoms with Gasteiger partial charge in [0, 0.05) is 18.5 Å². The number of fused-ring (bicyclic) bond motifs is 3. The number of hydrogen-bond acceptors (Lipinski definition) is 8. The number of piperidine rings is 3. The second kappa shape index (κ2) is 16.8. The number of hydrogen-bond donors (Lipinski definition) is 0. The molecule has 1 aromatic heterocycles. The molecular formula is C38H38Cl2F2N3O7+. The van der Waals surface area contributed by atoms with Gasteiger partial charge in [-0.15, -0.1) is 0 Å². The van der Waals surface area contributed by atoms with Crippen molar-refractivity contribution in [1.82, 2.24) is 4.90 Å². The molecule has 3 saturated heterocycles. The summed E-state index contributed by atoms with van der Waals surface area (Å²) in [5, 5.41) is 0.742. The van der Waals surface area contributed by atoms with E-state index < -0.39 is 24.8 Å². The average molecular weight is 758 g/mol. The molecule has 14 heteroatoms. The number of alkyl halides is 2. The van der Waals surface area contributed by atoms with Gasteiger partial charge in [0.15, 0.2) is 23.9 Å². The minimum atomic E-state index is -3.10. The summed E-state index contributed by atoms with van der Waals surface area (Å²) in [4.78, 5) is 33.8. The Morgan fingerprint density at radius 1 is 0.923 bits per heavy atom. The molecule has 10 nitrogen and oxygen atoms in total. The summed E-state index contributed by atoms with van der Waals surface area (Å²) in [5.74, 6) is 0.392. The SMILES string of the molecule is COc1ccc([C@H](Cc2c(Cl)c[nH+]cc2Cl)OC(=O)c2ccc(CN(C(=O)O[C@H]3CN4CCC3CC4)c3ccccc3OC(F)F)cc2)cc1OC.